The van der Waals surface area contributed by atoms with Gasteiger partial charge in [-0.1, -0.05) is 30.3 Å². The SMILES string of the molecule is Cc1cccc(OCC(=O)c2coc3ccccc23)c1. The molecule has 3 rings (SSSR count). The summed E-state index contributed by atoms with van der Waals surface area (Å²) < 4.78 is 10.9. The minimum Gasteiger partial charge on any atom is -0.485 e. The van der Waals surface area contributed by atoms with Gasteiger partial charge < -0.3 is 9.15 Å². The van der Waals surface area contributed by atoms with E-state index in [-0.39, 0.29) is 12.4 Å². The van der Waals surface area contributed by atoms with E-state index >= 15 is 0 Å². The highest BCUT2D eigenvalue weighted by molar-refractivity contribution is 6.07. The number of furan rings is 1. The Hall–Kier alpha value is -2.55. The summed E-state index contributed by atoms with van der Waals surface area (Å²) in [6.45, 7) is 1.99. The van der Waals surface area contributed by atoms with Gasteiger partial charge in [0.05, 0.1) is 5.56 Å². The third-order valence-corrected chi connectivity index (χ3v) is 3.14. The monoisotopic (exact) mass is 266 g/mol. The number of hydrogen-bond donors (Lipinski definition) is 0. The van der Waals surface area contributed by atoms with Gasteiger partial charge in [-0.15, -0.1) is 0 Å². The summed E-state index contributed by atoms with van der Waals surface area (Å²) in [5.74, 6) is 0.614. The zero-order chi connectivity index (χ0) is 13.9. The first-order valence-electron chi connectivity index (χ1n) is 6.43. The van der Waals surface area contributed by atoms with Crippen molar-refractivity contribution in [3.63, 3.8) is 0 Å². The highest BCUT2D eigenvalue weighted by atomic mass is 16.5. The van der Waals surface area contributed by atoms with Crippen LogP contribution >= 0.6 is 0 Å². The highest BCUT2D eigenvalue weighted by Crippen LogP contribution is 2.21. The van der Waals surface area contributed by atoms with Crippen LogP contribution in [0.25, 0.3) is 11.0 Å². The van der Waals surface area contributed by atoms with Crippen molar-refractivity contribution in [3.05, 3.63) is 65.9 Å². The van der Waals surface area contributed by atoms with Crippen molar-refractivity contribution in [1.82, 2.24) is 0 Å². The highest BCUT2D eigenvalue weighted by Gasteiger charge is 2.13. The van der Waals surface area contributed by atoms with Gasteiger partial charge in [0.1, 0.15) is 17.6 Å². The quantitative estimate of drug-likeness (QED) is 0.670. The molecule has 3 aromatic rings. The Bertz CT molecular complexity index is 756. The third kappa shape index (κ3) is 2.43. The molecule has 0 bridgehead atoms. The molecule has 0 unspecified atom stereocenters. The van der Waals surface area contributed by atoms with Crippen LogP contribution in [0.1, 0.15) is 15.9 Å². The fourth-order valence-electron chi connectivity index (χ4n) is 2.13. The molecule has 0 aliphatic heterocycles. The Balaban J connectivity index is 1.76. The number of ketones is 1. The van der Waals surface area contributed by atoms with Crippen molar-refractivity contribution in [1.29, 1.82) is 0 Å². The summed E-state index contributed by atoms with van der Waals surface area (Å²) in [5, 5.41) is 0.824. The average molecular weight is 266 g/mol. The van der Waals surface area contributed by atoms with Gasteiger partial charge >= 0.3 is 0 Å². The molecule has 0 amide bonds. The molecular formula is C17H14O3. The average Bonchev–Trinajstić information content (AvgIpc) is 2.89. The van der Waals surface area contributed by atoms with E-state index in [4.69, 9.17) is 9.15 Å². The van der Waals surface area contributed by atoms with E-state index in [9.17, 15) is 4.79 Å². The van der Waals surface area contributed by atoms with Crippen LogP contribution in [-0.4, -0.2) is 12.4 Å². The summed E-state index contributed by atoms with van der Waals surface area (Å²) in [6, 6.07) is 15.1. The molecular weight excluding hydrogens is 252 g/mol. The molecule has 0 aliphatic rings. The molecule has 20 heavy (non-hydrogen) atoms. The topological polar surface area (TPSA) is 39.4 Å². The lowest BCUT2D eigenvalue weighted by Crippen LogP contribution is -2.11. The van der Waals surface area contributed by atoms with Gasteiger partial charge in [-0.2, -0.15) is 0 Å². The smallest absolute Gasteiger partial charge is 0.204 e. The molecule has 0 spiro atoms. The second kappa shape index (κ2) is 5.21. The van der Waals surface area contributed by atoms with Crippen molar-refractivity contribution in [2.75, 3.05) is 6.61 Å². The van der Waals surface area contributed by atoms with Crippen LogP contribution in [0.15, 0.2) is 59.2 Å². The maximum Gasteiger partial charge on any atom is 0.204 e. The molecule has 1 heterocycles. The van der Waals surface area contributed by atoms with Crippen molar-refractivity contribution >= 4 is 16.8 Å². The van der Waals surface area contributed by atoms with Crippen molar-refractivity contribution in [2.24, 2.45) is 0 Å². The lowest BCUT2D eigenvalue weighted by molar-refractivity contribution is 0.0922. The van der Waals surface area contributed by atoms with E-state index in [0.29, 0.717) is 16.9 Å². The summed E-state index contributed by atoms with van der Waals surface area (Å²) in [4.78, 5) is 12.2. The van der Waals surface area contributed by atoms with E-state index in [1.807, 2.05) is 55.5 Å². The molecule has 0 saturated carbocycles. The van der Waals surface area contributed by atoms with Crippen LogP contribution in [0.2, 0.25) is 0 Å². The summed E-state index contributed by atoms with van der Waals surface area (Å²) >= 11 is 0. The van der Waals surface area contributed by atoms with Crippen LogP contribution < -0.4 is 4.74 Å². The van der Waals surface area contributed by atoms with Crippen molar-refractivity contribution in [2.45, 2.75) is 6.92 Å². The number of rotatable bonds is 4. The number of fused-ring (bicyclic) bond motifs is 1. The maximum absolute atomic E-state index is 12.2. The van der Waals surface area contributed by atoms with Crippen LogP contribution in [0.5, 0.6) is 5.75 Å². The molecule has 0 radical (unpaired) electrons. The van der Waals surface area contributed by atoms with Gasteiger partial charge in [0.2, 0.25) is 5.78 Å². The zero-order valence-corrected chi connectivity index (χ0v) is 11.1. The molecule has 0 aliphatic carbocycles. The number of carbonyl (C=O) groups excluding carboxylic acids is 1. The minimum absolute atomic E-state index is 0.00693. The van der Waals surface area contributed by atoms with E-state index in [1.165, 1.54) is 6.26 Å². The molecule has 100 valence electrons. The van der Waals surface area contributed by atoms with Gasteiger partial charge in [-0.05, 0) is 30.7 Å². The van der Waals surface area contributed by atoms with Crippen molar-refractivity contribution in [3.8, 4) is 5.75 Å². The van der Waals surface area contributed by atoms with E-state index in [2.05, 4.69) is 0 Å². The second-order valence-electron chi connectivity index (χ2n) is 4.67. The van der Waals surface area contributed by atoms with Gasteiger partial charge in [0, 0.05) is 5.39 Å². The Morgan fingerprint density at radius 3 is 2.85 bits per heavy atom. The molecule has 0 N–H and O–H groups in total. The standard InChI is InChI=1S/C17H14O3/c1-12-5-4-6-13(9-12)19-11-16(18)15-10-20-17-8-3-2-7-14(15)17/h2-10H,11H2,1H3. The fourth-order valence-corrected chi connectivity index (χ4v) is 2.13. The Labute approximate surface area is 116 Å². The zero-order valence-electron chi connectivity index (χ0n) is 11.1. The third-order valence-electron chi connectivity index (χ3n) is 3.14. The number of para-hydroxylation sites is 1. The van der Waals surface area contributed by atoms with Gasteiger partial charge in [-0.3, -0.25) is 4.79 Å². The number of aryl methyl sites for hydroxylation is 1. The maximum atomic E-state index is 12.2. The Kier molecular flexibility index (Phi) is 3.25. The first-order valence-corrected chi connectivity index (χ1v) is 6.43. The molecule has 0 fully saturated rings. The molecule has 3 heteroatoms. The number of hydrogen-bond acceptors (Lipinski definition) is 3. The molecule has 3 nitrogen and oxygen atoms in total. The molecule has 1 aromatic heterocycles. The summed E-state index contributed by atoms with van der Waals surface area (Å²) in [5.41, 5.74) is 2.38. The first-order chi connectivity index (χ1) is 9.74. The Morgan fingerprint density at radius 1 is 1.15 bits per heavy atom. The molecule has 0 saturated heterocycles. The van der Waals surface area contributed by atoms with Crippen LogP contribution in [0.4, 0.5) is 0 Å². The lowest BCUT2D eigenvalue weighted by atomic mass is 10.1. The second-order valence-corrected chi connectivity index (χ2v) is 4.67. The van der Waals surface area contributed by atoms with Crippen molar-refractivity contribution < 1.29 is 13.9 Å². The number of Topliss-reactive ketones (excluding diaryl/α,β-unsaturated/α-hetero) is 1. The van der Waals surface area contributed by atoms with E-state index in [1.54, 1.807) is 0 Å². The first kappa shape index (κ1) is 12.5. The predicted molar refractivity (Wildman–Crippen MR) is 77.2 cm³/mol. The number of benzene rings is 2. The van der Waals surface area contributed by atoms with E-state index in [0.717, 1.165) is 10.9 Å². The van der Waals surface area contributed by atoms with Gasteiger partial charge in [0.15, 0.2) is 6.61 Å². The minimum atomic E-state index is -0.0866. The van der Waals surface area contributed by atoms with Crippen LogP contribution in [0.3, 0.4) is 0 Å². The normalized spacial score (nSPS) is 10.7. The number of carbonyl (C=O) groups is 1. The predicted octanol–water partition coefficient (Wildman–Crippen LogP) is 4.00. The van der Waals surface area contributed by atoms with Gasteiger partial charge in [0.25, 0.3) is 0 Å². The number of ether oxygens (including phenoxy) is 1. The molecule has 0 atom stereocenters. The molecule has 2 aromatic carbocycles. The van der Waals surface area contributed by atoms with E-state index < -0.39 is 0 Å². The largest absolute Gasteiger partial charge is 0.485 e. The lowest BCUT2D eigenvalue weighted by Gasteiger charge is -2.05. The summed E-state index contributed by atoms with van der Waals surface area (Å²) in [6.07, 6.45) is 1.49. The Morgan fingerprint density at radius 2 is 2.00 bits per heavy atom. The van der Waals surface area contributed by atoms with Crippen LogP contribution in [0, 0.1) is 6.92 Å². The fraction of sp³-hybridized carbons (Fsp3) is 0.118. The summed E-state index contributed by atoms with van der Waals surface area (Å²) in [7, 11) is 0. The van der Waals surface area contributed by atoms with Gasteiger partial charge in [-0.25, -0.2) is 0 Å². The van der Waals surface area contributed by atoms with Crippen LogP contribution in [-0.2, 0) is 0 Å².